The Morgan fingerprint density at radius 1 is 1.12 bits per heavy atom. The highest BCUT2D eigenvalue weighted by Gasteiger charge is 2.51. The van der Waals surface area contributed by atoms with Crippen molar-refractivity contribution in [3.05, 3.63) is 18.2 Å². The molecule has 26 heavy (non-hydrogen) atoms. The molecule has 0 aromatic heterocycles. The van der Waals surface area contributed by atoms with Crippen molar-refractivity contribution in [2.45, 2.75) is 52.7 Å². The molecule has 1 saturated heterocycles. The molecule has 1 heterocycles. The van der Waals surface area contributed by atoms with Gasteiger partial charge in [-0.1, -0.05) is 19.9 Å². The van der Waals surface area contributed by atoms with E-state index in [1.807, 2.05) is 53.7 Å². The zero-order chi connectivity index (χ0) is 19.6. The fourth-order valence-corrected chi connectivity index (χ4v) is 2.31. The Hall–Kier alpha value is -1.75. The van der Waals surface area contributed by atoms with Gasteiger partial charge in [0, 0.05) is 5.41 Å². The molecule has 6 nitrogen and oxygen atoms in total. The number of aliphatic hydroxyl groups is 1. The molecule has 1 aromatic carbocycles. The van der Waals surface area contributed by atoms with Gasteiger partial charge in [0.05, 0.1) is 24.4 Å². The molecule has 0 saturated carbocycles. The summed E-state index contributed by atoms with van der Waals surface area (Å²) in [5.41, 5.74) is -0.459. The lowest BCUT2D eigenvalue weighted by Crippen LogP contribution is -2.41. The second-order valence-corrected chi connectivity index (χ2v) is 8.35. The van der Waals surface area contributed by atoms with E-state index in [-0.39, 0.29) is 18.6 Å². The van der Waals surface area contributed by atoms with Crippen molar-refractivity contribution in [1.82, 2.24) is 0 Å². The molecule has 1 aliphatic heterocycles. The van der Waals surface area contributed by atoms with Crippen molar-refractivity contribution >= 4 is 12.6 Å². The van der Waals surface area contributed by atoms with Crippen LogP contribution in [0.1, 0.15) is 41.5 Å². The first-order valence-electron chi connectivity index (χ1n) is 8.74. The Kier molecular flexibility index (Phi) is 5.91. The molecule has 0 atom stereocenters. The van der Waals surface area contributed by atoms with E-state index in [0.717, 1.165) is 5.46 Å². The molecule has 0 amide bonds. The van der Waals surface area contributed by atoms with Crippen LogP contribution in [-0.4, -0.2) is 43.2 Å². The van der Waals surface area contributed by atoms with E-state index in [9.17, 15) is 5.11 Å². The van der Waals surface area contributed by atoms with Crippen molar-refractivity contribution in [1.29, 1.82) is 5.26 Å². The lowest BCUT2D eigenvalue weighted by molar-refractivity contribution is 0.00578. The van der Waals surface area contributed by atoms with Crippen molar-refractivity contribution in [2.24, 2.45) is 5.41 Å². The van der Waals surface area contributed by atoms with E-state index in [0.29, 0.717) is 18.1 Å². The Labute approximate surface area is 156 Å². The van der Waals surface area contributed by atoms with Crippen molar-refractivity contribution < 1.29 is 23.9 Å². The van der Waals surface area contributed by atoms with Gasteiger partial charge in [-0.3, -0.25) is 0 Å². The third-order valence-corrected chi connectivity index (χ3v) is 4.83. The monoisotopic (exact) mass is 361 g/mol. The first-order chi connectivity index (χ1) is 12.0. The van der Waals surface area contributed by atoms with Crippen LogP contribution in [0.4, 0.5) is 0 Å². The first kappa shape index (κ1) is 20.6. The van der Waals surface area contributed by atoms with Crippen LogP contribution >= 0.6 is 0 Å². The molecule has 0 spiro atoms. The maximum absolute atomic E-state index is 9.38. The van der Waals surface area contributed by atoms with Gasteiger partial charge in [0.2, 0.25) is 0 Å². The van der Waals surface area contributed by atoms with E-state index < -0.39 is 18.3 Å². The predicted molar refractivity (Wildman–Crippen MR) is 99.6 cm³/mol. The van der Waals surface area contributed by atoms with Crippen molar-refractivity contribution in [3.8, 4) is 17.6 Å². The van der Waals surface area contributed by atoms with E-state index >= 15 is 0 Å². The van der Waals surface area contributed by atoms with E-state index in [1.54, 1.807) is 12.1 Å². The summed E-state index contributed by atoms with van der Waals surface area (Å²) in [6.45, 7) is 12.0. The fraction of sp³-hybridized carbons (Fsp3) is 0.632. The topological polar surface area (TPSA) is 80.9 Å². The van der Waals surface area contributed by atoms with Crippen LogP contribution in [0.5, 0.6) is 11.5 Å². The van der Waals surface area contributed by atoms with E-state index in [1.165, 1.54) is 0 Å². The van der Waals surface area contributed by atoms with Crippen LogP contribution in [0.2, 0.25) is 0 Å². The molecule has 1 aromatic rings. The number of rotatable bonds is 7. The number of hydrogen-bond donors (Lipinski definition) is 1. The normalized spacial score (nSPS) is 18.5. The Morgan fingerprint density at radius 2 is 1.73 bits per heavy atom. The van der Waals surface area contributed by atoms with Gasteiger partial charge < -0.3 is 23.9 Å². The van der Waals surface area contributed by atoms with E-state index in [2.05, 4.69) is 0 Å². The molecule has 1 aliphatic rings. The minimum absolute atomic E-state index is 0.00733. The van der Waals surface area contributed by atoms with Gasteiger partial charge >= 0.3 is 7.12 Å². The summed E-state index contributed by atoms with van der Waals surface area (Å²) in [4.78, 5) is 0. The van der Waals surface area contributed by atoms with Gasteiger partial charge in [-0.15, -0.1) is 0 Å². The summed E-state index contributed by atoms with van der Waals surface area (Å²) in [5, 5.41) is 18.2. The third-order valence-electron chi connectivity index (χ3n) is 4.83. The van der Waals surface area contributed by atoms with E-state index in [4.69, 9.17) is 24.0 Å². The average molecular weight is 361 g/mol. The Bertz CT molecular complexity index is 665. The molecule has 0 unspecified atom stereocenters. The minimum atomic E-state index is -0.521. The second-order valence-electron chi connectivity index (χ2n) is 8.35. The van der Waals surface area contributed by atoms with Gasteiger partial charge in [-0.05, 0) is 45.3 Å². The largest absolute Gasteiger partial charge is 0.494 e. The maximum atomic E-state index is 9.38. The highest BCUT2D eigenvalue weighted by Crippen LogP contribution is 2.37. The summed E-state index contributed by atoms with van der Waals surface area (Å²) in [7, 11) is -0.521. The second kappa shape index (κ2) is 7.47. The number of nitriles is 1. The number of nitrogens with zero attached hydrogens (tertiary/aromatic N) is 1. The van der Waals surface area contributed by atoms with Crippen LogP contribution in [0, 0.1) is 16.7 Å². The SMILES string of the molecule is CC(C)(CO)COc1ccc(B2OC(C)(C)C(C)(C)O2)cc1OCC#N. The zero-order valence-corrected chi connectivity index (χ0v) is 16.5. The van der Waals surface area contributed by atoms with Gasteiger partial charge in [0.15, 0.2) is 18.1 Å². The van der Waals surface area contributed by atoms with Crippen LogP contribution in [0.15, 0.2) is 18.2 Å². The maximum Gasteiger partial charge on any atom is 0.494 e. The smallest absolute Gasteiger partial charge is 0.489 e. The summed E-state index contributed by atoms with van der Waals surface area (Å²) < 4.78 is 23.5. The lowest BCUT2D eigenvalue weighted by Gasteiger charge is -2.32. The summed E-state index contributed by atoms with van der Waals surface area (Å²) in [6, 6.07) is 7.38. The predicted octanol–water partition coefficient (Wildman–Crippen LogP) is 2.29. The van der Waals surface area contributed by atoms with Crippen LogP contribution in [0.3, 0.4) is 0 Å². The molecule has 0 radical (unpaired) electrons. The molecule has 1 N–H and O–H groups in total. The third kappa shape index (κ3) is 4.50. The summed E-state index contributed by atoms with van der Waals surface area (Å²) in [5.74, 6) is 0.967. The number of ether oxygens (including phenoxy) is 2. The van der Waals surface area contributed by atoms with Gasteiger partial charge in [-0.25, -0.2) is 0 Å². The van der Waals surface area contributed by atoms with Crippen LogP contribution in [-0.2, 0) is 9.31 Å². The van der Waals surface area contributed by atoms with Gasteiger partial charge in [-0.2, -0.15) is 5.26 Å². The standard InChI is InChI=1S/C19H28BNO5/c1-17(2,12-22)13-24-15-8-7-14(11-16(15)23-10-9-21)20-25-18(3,4)19(5,6)26-20/h7-8,11,22H,10,12-13H2,1-6H3. The quantitative estimate of drug-likeness (QED) is 0.751. The minimum Gasteiger partial charge on any atom is -0.489 e. The number of benzene rings is 1. The lowest BCUT2D eigenvalue weighted by atomic mass is 9.79. The first-order valence-corrected chi connectivity index (χ1v) is 8.74. The molecule has 0 bridgehead atoms. The highest BCUT2D eigenvalue weighted by molar-refractivity contribution is 6.62. The average Bonchev–Trinajstić information content (AvgIpc) is 2.79. The summed E-state index contributed by atoms with van der Waals surface area (Å²) in [6.07, 6.45) is 0. The molecule has 7 heteroatoms. The van der Waals surface area contributed by atoms with Crippen LogP contribution < -0.4 is 14.9 Å². The highest BCUT2D eigenvalue weighted by atomic mass is 16.7. The Morgan fingerprint density at radius 3 is 2.27 bits per heavy atom. The molecule has 2 rings (SSSR count). The van der Waals surface area contributed by atoms with Gasteiger partial charge in [0.25, 0.3) is 0 Å². The molecule has 1 fully saturated rings. The Balaban J connectivity index is 2.24. The molecule has 142 valence electrons. The summed E-state index contributed by atoms with van der Waals surface area (Å²) >= 11 is 0. The zero-order valence-electron chi connectivity index (χ0n) is 16.5. The van der Waals surface area contributed by atoms with Gasteiger partial charge in [0.1, 0.15) is 6.07 Å². The number of aliphatic hydroxyl groups excluding tert-OH is 1. The molecule has 0 aliphatic carbocycles. The van der Waals surface area contributed by atoms with Crippen molar-refractivity contribution in [3.63, 3.8) is 0 Å². The molecular weight excluding hydrogens is 333 g/mol. The fourth-order valence-electron chi connectivity index (χ4n) is 2.31. The number of hydrogen-bond acceptors (Lipinski definition) is 6. The van der Waals surface area contributed by atoms with Crippen LogP contribution in [0.25, 0.3) is 0 Å². The van der Waals surface area contributed by atoms with Crippen molar-refractivity contribution in [2.75, 3.05) is 19.8 Å². The molecular formula is C19H28BNO5.